The molecule has 0 spiro atoms. The van der Waals surface area contributed by atoms with E-state index >= 15 is 0 Å². The quantitative estimate of drug-likeness (QED) is 0.665. The van der Waals surface area contributed by atoms with Crippen LogP contribution in [0.1, 0.15) is 40.0 Å². The SMILES string of the molecule is CCCC(O)C1CC(C)C1C. The van der Waals surface area contributed by atoms with Crippen LogP contribution in [0.5, 0.6) is 0 Å². The minimum Gasteiger partial charge on any atom is -0.393 e. The first-order valence-electron chi connectivity index (χ1n) is 4.84. The highest BCUT2D eigenvalue weighted by Crippen LogP contribution is 2.42. The van der Waals surface area contributed by atoms with Crippen molar-refractivity contribution < 1.29 is 5.11 Å². The lowest BCUT2D eigenvalue weighted by Gasteiger charge is -2.43. The van der Waals surface area contributed by atoms with Crippen LogP contribution in [0.15, 0.2) is 0 Å². The molecule has 1 rings (SSSR count). The first-order chi connectivity index (χ1) is 5.16. The summed E-state index contributed by atoms with van der Waals surface area (Å²) in [5.74, 6) is 2.19. The van der Waals surface area contributed by atoms with Gasteiger partial charge in [-0.15, -0.1) is 0 Å². The van der Waals surface area contributed by atoms with Crippen LogP contribution in [-0.2, 0) is 0 Å². The molecule has 0 aromatic heterocycles. The Bertz CT molecular complexity index is 122. The maximum absolute atomic E-state index is 9.66. The average Bonchev–Trinajstić information content (AvgIpc) is 1.99. The molecule has 1 heteroatoms. The van der Waals surface area contributed by atoms with E-state index in [9.17, 15) is 5.11 Å². The zero-order valence-electron chi connectivity index (χ0n) is 7.88. The molecule has 0 radical (unpaired) electrons. The van der Waals surface area contributed by atoms with E-state index in [0.717, 1.165) is 24.7 Å². The van der Waals surface area contributed by atoms with Gasteiger partial charge in [0.05, 0.1) is 6.10 Å². The predicted octanol–water partition coefficient (Wildman–Crippen LogP) is 2.44. The molecule has 11 heavy (non-hydrogen) atoms. The molecule has 4 atom stereocenters. The summed E-state index contributed by atoms with van der Waals surface area (Å²) in [5, 5.41) is 9.66. The van der Waals surface area contributed by atoms with Gasteiger partial charge in [0.2, 0.25) is 0 Å². The van der Waals surface area contributed by atoms with Gasteiger partial charge in [0.25, 0.3) is 0 Å². The fraction of sp³-hybridized carbons (Fsp3) is 1.00. The Balaban J connectivity index is 2.27. The first kappa shape index (κ1) is 9.05. The second-order valence-corrected chi connectivity index (χ2v) is 4.09. The monoisotopic (exact) mass is 156 g/mol. The van der Waals surface area contributed by atoms with Crippen LogP contribution in [0.25, 0.3) is 0 Å². The van der Waals surface area contributed by atoms with Crippen molar-refractivity contribution >= 4 is 0 Å². The van der Waals surface area contributed by atoms with Gasteiger partial charge in [0, 0.05) is 0 Å². The van der Waals surface area contributed by atoms with Crippen LogP contribution in [0.4, 0.5) is 0 Å². The van der Waals surface area contributed by atoms with Gasteiger partial charge in [0.1, 0.15) is 0 Å². The van der Waals surface area contributed by atoms with Crippen LogP contribution in [0.2, 0.25) is 0 Å². The molecule has 0 amide bonds. The molecule has 66 valence electrons. The van der Waals surface area contributed by atoms with Crippen molar-refractivity contribution in [3.8, 4) is 0 Å². The summed E-state index contributed by atoms with van der Waals surface area (Å²) in [6.07, 6.45) is 3.31. The van der Waals surface area contributed by atoms with Gasteiger partial charge in [-0.3, -0.25) is 0 Å². The van der Waals surface area contributed by atoms with E-state index < -0.39 is 0 Å². The second-order valence-electron chi connectivity index (χ2n) is 4.09. The Morgan fingerprint density at radius 2 is 2.09 bits per heavy atom. The third-order valence-corrected chi connectivity index (χ3v) is 3.30. The Morgan fingerprint density at radius 1 is 1.45 bits per heavy atom. The van der Waals surface area contributed by atoms with Crippen molar-refractivity contribution in [2.45, 2.75) is 46.1 Å². The van der Waals surface area contributed by atoms with Crippen molar-refractivity contribution in [2.75, 3.05) is 0 Å². The molecule has 1 aliphatic rings. The number of aliphatic hydroxyl groups is 1. The highest BCUT2D eigenvalue weighted by atomic mass is 16.3. The second kappa shape index (κ2) is 3.57. The highest BCUT2D eigenvalue weighted by Gasteiger charge is 2.38. The van der Waals surface area contributed by atoms with Gasteiger partial charge >= 0.3 is 0 Å². The smallest absolute Gasteiger partial charge is 0.0571 e. The van der Waals surface area contributed by atoms with Crippen LogP contribution in [-0.4, -0.2) is 11.2 Å². The number of aliphatic hydroxyl groups excluding tert-OH is 1. The molecule has 1 saturated carbocycles. The van der Waals surface area contributed by atoms with Gasteiger partial charge in [-0.05, 0) is 30.6 Å². The van der Waals surface area contributed by atoms with Crippen molar-refractivity contribution in [3.63, 3.8) is 0 Å². The molecule has 0 heterocycles. The van der Waals surface area contributed by atoms with Gasteiger partial charge in [0.15, 0.2) is 0 Å². The summed E-state index contributed by atoms with van der Waals surface area (Å²) >= 11 is 0. The number of hydrogen-bond donors (Lipinski definition) is 1. The molecule has 0 saturated heterocycles. The topological polar surface area (TPSA) is 20.2 Å². The molecule has 0 aliphatic heterocycles. The van der Waals surface area contributed by atoms with Crippen molar-refractivity contribution in [3.05, 3.63) is 0 Å². The van der Waals surface area contributed by atoms with Crippen LogP contribution < -0.4 is 0 Å². The lowest BCUT2D eigenvalue weighted by Crippen LogP contribution is -2.40. The van der Waals surface area contributed by atoms with Gasteiger partial charge < -0.3 is 5.11 Å². The molecule has 0 aromatic rings. The summed E-state index contributed by atoms with van der Waals surface area (Å²) in [6, 6.07) is 0. The molecular weight excluding hydrogens is 136 g/mol. The third-order valence-electron chi connectivity index (χ3n) is 3.30. The highest BCUT2D eigenvalue weighted by molar-refractivity contribution is 4.87. The lowest BCUT2D eigenvalue weighted by atomic mass is 9.64. The summed E-state index contributed by atoms with van der Waals surface area (Å²) in [4.78, 5) is 0. The van der Waals surface area contributed by atoms with E-state index in [2.05, 4.69) is 20.8 Å². The average molecular weight is 156 g/mol. The van der Waals surface area contributed by atoms with Crippen LogP contribution in [0, 0.1) is 17.8 Å². The Hall–Kier alpha value is -0.0400. The van der Waals surface area contributed by atoms with Gasteiger partial charge in [-0.25, -0.2) is 0 Å². The maximum atomic E-state index is 9.66. The molecule has 4 unspecified atom stereocenters. The number of hydrogen-bond acceptors (Lipinski definition) is 1. The fourth-order valence-electron chi connectivity index (χ4n) is 2.10. The summed E-state index contributed by atoms with van der Waals surface area (Å²) in [7, 11) is 0. The van der Waals surface area contributed by atoms with Crippen LogP contribution >= 0.6 is 0 Å². The van der Waals surface area contributed by atoms with Crippen LogP contribution in [0.3, 0.4) is 0 Å². The predicted molar refractivity (Wildman–Crippen MR) is 47.3 cm³/mol. The molecule has 0 aromatic carbocycles. The molecular formula is C10H20O. The van der Waals surface area contributed by atoms with Gasteiger partial charge in [-0.1, -0.05) is 27.2 Å². The standard InChI is InChI=1S/C10H20O/c1-4-5-10(11)9-6-7(2)8(9)3/h7-11H,4-6H2,1-3H3. The molecule has 1 fully saturated rings. The Kier molecular flexibility index (Phi) is 2.94. The van der Waals surface area contributed by atoms with E-state index in [1.165, 1.54) is 6.42 Å². The largest absolute Gasteiger partial charge is 0.393 e. The molecule has 0 bridgehead atoms. The Morgan fingerprint density at radius 3 is 2.45 bits per heavy atom. The summed E-state index contributed by atoms with van der Waals surface area (Å²) < 4.78 is 0. The molecule has 1 N–H and O–H groups in total. The fourth-order valence-corrected chi connectivity index (χ4v) is 2.10. The number of rotatable bonds is 3. The molecule has 1 aliphatic carbocycles. The minimum atomic E-state index is -0.0220. The molecule has 1 nitrogen and oxygen atoms in total. The minimum absolute atomic E-state index is 0.0220. The lowest BCUT2D eigenvalue weighted by molar-refractivity contribution is -0.0226. The van der Waals surface area contributed by atoms with E-state index in [1.807, 2.05) is 0 Å². The van der Waals surface area contributed by atoms with Gasteiger partial charge in [-0.2, -0.15) is 0 Å². The Labute approximate surface area is 69.8 Å². The zero-order valence-corrected chi connectivity index (χ0v) is 7.88. The normalized spacial score (nSPS) is 39.8. The zero-order chi connectivity index (χ0) is 8.43. The van der Waals surface area contributed by atoms with Crippen molar-refractivity contribution in [1.29, 1.82) is 0 Å². The summed E-state index contributed by atoms with van der Waals surface area (Å²) in [5.41, 5.74) is 0. The summed E-state index contributed by atoms with van der Waals surface area (Å²) in [6.45, 7) is 6.67. The first-order valence-corrected chi connectivity index (χ1v) is 4.84. The maximum Gasteiger partial charge on any atom is 0.0571 e. The van der Waals surface area contributed by atoms with E-state index in [-0.39, 0.29) is 6.10 Å². The van der Waals surface area contributed by atoms with E-state index in [1.54, 1.807) is 0 Å². The van der Waals surface area contributed by atoms with E-state index in [4.69, 9.17) is 0 Å². The van der Waals surface area contributed by atoms with Crippen molar-refractivity contribution in [2.24, 2.45) is 17.8 Å². The van der Waals surface area contributed by atoms with Crippen molar-refractivity contribution in [1.82, 2.24) is 0 Å². The third kappa shape index (κ3) is 1.76. The van der Waals surface area contributed by atoms with E-state index in [0.29, 0.717) is 5.92 Å².